The quantitative estimate of drug-likeness (QED) is 0.864. The van der Waals surface area contributed by atoms with E-state index in [9.17, 15) is 5.11 Å². The van der Waals surface area contributed by atoms with Crippen molar-refractivity contribution in [2.24, 2.45) is 5.73 Å². The van der Waals surface area contributed by atoms with Crippen molar-refractivity contribution in [3.63, 3.8) is 0 Å². The van der Waals surface area contributed by atoms with Crippen LogP contribution in [-0.4, -0.2) is 5.11 Å². The summed E-state index contributed by atoms with van der Waals surface area (Å²) in [4.78, 5) is 0. The predicted molar refractivity (Wildman–Crippen MR) is 60.3 cm³/mol. The lowest BCUT2D eigenvalue weighted by molar-refractivity contribution is 0.473. The molecule has 0 aliphatic rings. The van der Waals surface area contributed by atoms with Crippen molar-refractivity contribution in [3.05, 3.63) is 28.2 Å². The number of aromatic hydroxyl groups is 1. The fourth-order valence-corrected chi connectivity index (χ4v) is 1.58. The maximum absolute atomic E-state index is 9.21. The average molecular weight is 267 g/mol. The summed E-state index contributed by atoms with van der Waals surface area (Å²) in [6.07, 6.45) is 0.863. The first-order valence-corrected chi connectivity index (χ1v) is 4.68. The Bertz CT molecular complexity index is 280. The second-order valence-corrected chi connectivity index (χ2v) is 3.57. The Hall–Kier alpha value is -0.250. The van der Waals surface area contributed by atoms with Crippen LogP contribution in [0.3, 0.4) is 0 Å². The monoisotopic (exact) mass is 265 g/mol. The van der Waals surface area contributed by atoms with E-state index in [1.165, 1.54) is 0 Å². The number of phenolic OH excluding ortho intramolecular Hbond substituents is 1. The summed E-state index contributed by atoms with van der Waals surface area (Å²) in [5.74, 6) is 0.261. The van der Waals surface area contributed by atoms with Crippen LogP contribution in [0.5, 0.6) is 5.75 Å². The molecule has 0 bridgehead atoms. The molecule has 0 fully saturated rings. The minimum atomic E-state index is -0.00789. The van der Waals surface area contributed by atoms with E-state index in [-0.39, 0.29) is 24.2 Å². The summed E-state index contributed by atoms with van der Waals surface area (Å²) < 4.78 is 0.953. The number of benzene rings is 1. The van der Waals surface area contributed by atoms with Gasteiger partial charge in [0, 0.05) is 10.5 Å². The summed E-state index contributed by atoms with van der Waals surface area (Å²) >= 11 is 3.38. The minimum Gasteiger partial charge on any atom is -0.508 e. The largest absolute Gasteiger partial charge is 0.508 e. The van der Waals surface area contributed by atoms with Crippen LogP contribution >= 0.6 is 28.3 Å². The van der Waals surface area contributed by atoms with Crippen LogP contribution in [-0.2, 0) is 0 Å². The molecule has 1 aromatic rings. The van der Waals surface area contributed by atoms with Gasteiger partial charge in [-0.2, -0.15) is 0 Å². The summed E-state index contributed by atoms with van der Waals surface area (Å²) in [6.45, 7) is 2.02. The van der Waals surface area contributed by atoms with Crippen LogP contribution in [0.15, 0.2) is 22.7 Å². The molecule has 13 heavy (non-hydrogen) atoms. The molecule has 1 rings (SSSR count). The predicted octanol–water partition coefficient (Wildman–Crippen LogP) is 2.99. The van der Waals surface area contributed by atoms with E-state index < -0.39 is 0 Å². The Morgan fingerprint density at radius 2 is 2.15 bits per heavy atom. The maximum Gasteiger partial charge on any atom is 0.115 e. The second-order valence-electron chi connectivity index (χ2n) is 2.72. The van der Waals surface area contributed by atoms with E-state index in [2.05, 4.69) is 15.9 Å². The molecule has 1 aromatic carbocycles. The van der Waals surface area contributed by atoms with Gasteiger partial charge in [0.2, 0.25) is 0 Å². The second kappa shape index (κ2) is 5.47. The number of hydrogen-bond donors (Lipinski definition) is 2. The summed E-state index contributed by atoms with van der Waals surface area (Å²) in [7, 11) is 0. The van der Waals surface area contributed by atoms with Crippen molar-refractivity contribution in [3.8, 4) is 5.75 Å². The fourth-order valence-electron chi connectivity index (χ4n) is 1.04. The number of hydrogen-bond acceptors (Lipinski definition) is 2. The molecule has 0 heterocycles. The molecule has 0 aromatic heterocycles. The van der Waals surface area contributed by atoms with Gasteiger partial charge in [-0.3, -0.25) is 0 Å². The SMILES string of the molecule is CC[C@@H](N)c1cc(O)ccc1Br.Cl. The first-order chi connectivity index (χ1) is 5.65. The van der Waals surface area contributed by atoms with Crippen LogP contribution in [0.1, 0.15) is 24.9 Å². The summed E-state index contributed by atoms with van der Waals surface area (Å²) in [6, 6.07) is 5.13. The molecule has 0 aliphatic carbocycles. The van der Waals surface area contributed by atoms with Crippen molar-refractivity contribution in [2.75, 3.05) is 0 Å². The standard InChI is InChI=1S/C9H12BrNO.ClH/c1-2-9(11)7-5-6(12)3-4-8(7)10;/h3-5,9,12H,2,11H2,1H3;1H/t9-;/m1./s1. The van der Waals surface area contributed by atoms with Crippen molar-refractivity contribution >= 4 is 28.3 Å². The topological polar surface area (TPSA) is 46.2 Å². The zero-order valence-corrected chi connectivity index (χ0v) is 9.73. The third kappa shape index (κ3) is 3.18. The Morgan fingerprint density at radius 3 is 2.69 bits per heavy atom. The van der Waals surface area contributed by atoms with Crippen LogP contribution in [0.2, 0.25) is 0 Å². The van der Waals surface area contributed by atoms with Crippen LogP contribution < -0.4 is 5.73 Å². The molecular formula is C9H13BrClNO. The Kier molecular flexibility index (Phi) is 5.37. The van der Waals surface area contributed by atoms with Gasteiger partial charge in [-0.05, 0) is 30.2 Å². The van der Waals surface area contributed by atoms with Crippen LogP contribution in [0.25, 0.3) is 0 Å². The van der Waals surface area contributed by atoms with E-state index in [1.54, 1.807) is 18.2 Å². The Morgan fingerprint density at radius 1 is 1.54 bits per heavy atom. The van der Waals surface area contributed by atoms with Crippen molar-refractivity contribution in [1.29, 1.82) is 0 Å². The number of nitrogens with two attached hydrogens (primary N) is 1. The van der Waals surface area contributed by atoms with E-state index >= 15 is 0 Å². The third-order valence-electron chi connectivity index (χ3n) is 1.82. The smallest absolute Gasteiger partial charge is 0.115 e. The lowest BCUT2D eigenvalue weighted by atomic mass is 10.1. The lowest BCUT2D eigenvalue weighted by Crippen LogP contribution is -2.08. The first-order valence-electron chi connectivity index (χ1n) is 3.89. The molecule has 0 amide bonds. The van der Waals surface area contributed by atoms with Crippen molar-refractivity contribution in [1.82, 2.24) is 0 Å². The molecule has 3 N–H and O–H groups in total. The van der Waals surface area contributed by atoms with Gasteiger partial charge in [0.05, 0.1) is 0 Å². The molecule has 0 saturated heterocycles. The van der Waals surface area contributed by atoms with Gasteiger partial charge in [0.15, 0.2) is 0 Å². The molecular weight excluding hydrogens is 253 g/mol. The molecule has 4 heteroatoms. The van der Waals surface area contributed by atoms with Crippen LogP contribution in [0.4, 0.5) is 0 Å². The summed E-state index contributed by atoms with van der Waals surface area (Å²) in [5.41, 5.74) is 6.78. The molecule has 1 atom stereocenters. The molecule has 0 saturated carbocycles. The van der Waals surface area contributed by atoms with Gasteiger partial charge in [-0.25, -0.2) is 0 Å². The number of halogens is 2. The van der Waals surface area contributed by atoms with Gasteiger partial charge in [-0.15, -0.1) is 12.4 Å². The highest BCUT2D eigenvalue weighted by Gasteiger charge is 2.07. The van der Waals surface area contributed by atoms with Gasteiger partial charge in [-0.1, -0.05) is 22.9 Å². The summed E-state index contributed by atoms with van der Waals surface area (Å²) in [5, 5.41) is 9.21. The minimum absolute atomic E-state index is 0. The van der Waals surface area contributed by atoms with E-state index in [1.807, 2.05) is 6.92 Å². The van der Waals surface area contributed by atoms with Crippen molar-refractivity contribution in [2.45, 2.75) is 19.4 Å². The molecule has 0 radical (unpaired) electrons. The van der Waals surface area contributed by atoms with Gasteiger partial charge in [0.25, 0.3) is 0 Å². The van der Waals surface area contributed by atoms with E-state index in [4.69, 9.17) is 5.73 Å². The highest BCUT2D eigenvalue weighted by atomic mass is 79.9. The average Bonchev–Trinajstić information content (AvgIpc) is 2.08. The molecule has 0 aliphatic heterocycles. The number of phenols is 1. The zero-order chi connectivity index (χ0) is 9.14. The van der Waals surface area contributed by atoms with Crippen LogP contribution in [0, 0.1) is 0 Å². The molecule has 2 nitrogen and oxygen atoms in total. The molecule has 0 spiro atoms. The Labute approximate surface area is 92.7 Å². The van der Waals surface area contributed by atoms with Crippen molar-refractivity contribution < 1.29 is 5.11 Å². The van der Waals surface area contributed by atoms with E-state index in [0.717, 1.165) is 16.5 Å². The number of rotatable bonds is 2. The first kappa shape index (κ1) is 12.8. The lowest BCUT2D eigenvalue weighted by Gasteiger charge is -2.11. The van der Waals surface area contributed by atoms with Gasteiger partial charge >= 0.3 is 0 Å². The maximum atomic E-state index is 9.21. The third-order valence-corrected chi connectivity index (χ3v) is 2.54. The zero-order valence-electron chi connectivity index (χ0n) is 7.33. The normalized spacial score (nSPS) is 11.9. The highest BCUT2D eigenvalue weighted by molar-refractivity contribution is 9.10. The van der Waals surface area contributed by atoms with E-state index in [0.29, 0.717) is 0 Å². The fraction of sp³-hybridized carbons (Fsp3) is 0.333. The van der Waals surface area contributed by atoms with Gasteiger partial charge in [0.1, 0.15) is 5.75 Å². The Balaban J connectivity index is 0.00000144. The molecule has 0 unspecified atom stereocenters. The highest BCUT2D eigenvalue weighted by Crippen LogP contribution is 2.27. The van der Waals surface area contributed by atoms with Gasteiger partial charge < -0.3 is 10.8 Å². The molecule has 74 valence electrons.